The fourth-order valence-corrected chi connectivity index (χ4v) is 3.71. The molecular formula is C20H17Cl2F3N2O3. The van der Waals surface area contributed by atoms with E-state index in [-0.39, 0.29) is 22.9 Å². The number of hydrogen-bond donors (Lipinski definition) is 1. The highest BCUT2D eigenvalue weighted by molar-refractivity contribution is 6.35. The molecule has 1 heterocycles. The van der Waals surface area contributed by atoms with Crippen LogP contribution in [0.5, 0.6) is 5.75 Å². The van der Waals surface area contributed by atoms with Gasteiger partial charge in [-0.3, -0.25) is 9.59 Å². The van der Waals surface area contributed by atoms with Gasteiger partial charge in [0.2, 0.25) is 5.91 Å². The quantitative estimate of drug-likeness (QED) is 0.668. The largest absolute Gasteiger partial charge is 0.484 e. The van der Waals surface area contributed by atoms with Crippen molar-refractivity contribution in [1.29, 1.82) is 0 Å². The van der Waals surface area contributed by atoms with Gasteiger partial charge in [-0.15, -0.1) is 0 Å². The molecule has 1 atom stereocenters. The summed E-state index contributed by atoms with van der Waals surface area (Å²) < 4.78 is 41.6. The van der Waals surface area contributed by atoms with Gasteiger partial charge in [0.25, 0.3) is 5.91 Å². The molecule has 5 nitrogen and oxygen atoms in total. The summed E-state index contributed by atoms with van der Waals surface area (Å²) >= 11 is 11.9. The molecular weight excluding hydrogens is 444 g/mol. The van der Waals surface area contributed by atoms with E-state index in [1.165, 1.54) is 47.4 Å². The predicted octanol–water partition coefficient (Wildman–Crippen LogP) is 5.18. The topological polar surface area (TPSA) is 58.6 Å². The van der Waals surface area contributed by atoms with E-state index in [4.69, 9.17) is 27.9 Å². The molecule has 1 aliphatic rings. The Morgan fingerprint density at radius 2 is 1.83 bits per heavy atom. The minimum absolute atomic E-state index is 0.0296. The molecule has 1 fully saturated rings. The molecule has 0 saturated carbocycles. The van der Waals surface area contributed by atoms with Crippen LogP contribution >= 0.6 is 23.2 Å². The number of nitrogens with one attached hydrogen (secondary N) is 1. The van der Waals surface area contributed by atoms with E-state index in [0.29, 0.717) is 29.4 Å². The maximum Gasteiger partial charge on any atom is 0.422 e. The van der Waals surface area contributed by atoms with Gasteiger partial charge in [-0.05, 0) is 43.2 Å². The molecule has 3 rings (SSSR count). The number of hydrogen-bond acceptors (Lipinski definition) is 3. The number of ether oxygens (including phenoxy) is 1. The number of amides is 2. The van der Waals surface area contributed by atoms with Crippen LogP contribution in [-0.2, 0) is 4.79 Å². The molecule has 1 aliphatic heterocycles. The molecule has 1 saturated heterocycles. The van der Waals surface area contributed by atoms with Gasteiger partial charge >= 0.3 is 6.18 Å². The summed E-state index contributed by atoms with van der Waals surface area (Å²) in [5, 5.41) is 3.25. The summed E-state index contributed by atoms with van der Waals surface area (Å²) in [6.45, 7) is -1.05. The number of likely N-dealkylation sites (tertiary alicyclic amines) is 1. The van der Waals surface area contributed by atoms with E-state index >= 15 is 0 Å². The van der Waals surface area contributed by atoms with Crippen LogP contribution in [0.4, 0.5) is 18.9 Å². The third kappa shape index (κ3) is 5.79. The van der Waals surface area contributed by atoms with Crippen LogP contribution in [-0.4, -0.2) is 42.1 Å². The monoisotopic (exact) mass is 460 g/mol. The lowest BCUT2D eigenvalue weighted by atomic mass is 10.1. The lowest BCUT2D eigenvalue weighted by Crippen LogP contribution is -2.43. The molecule has 0 aromatic heterocycles. The highest BCUT2D eigenvalue weighted by atomic mass is 35.5. The zero-order valence-corrected chi connectivity index (χ0v) is 17.0. The van der Waals surface area contributed by atoms with E-state index in [1.807, 2.05) is 0 Å². The molecule has 2 aromatic carbocycles. The number of carbonyl (C=O) groups is 2. The minimum Gasteiger partial charge on any atom is -0.484 e. The number of halogens is 5. The lowest BCUT2D eigenvalue weighted by Gasteiger charge is -2.24. The van der Waals surface area contributed by atoms with Gasteiger partial charge in [0, 0.05) is 33.9 Å². The third-order valence-corrected chi connectivity index (χ3v) is 4.87. The van der Waals surface area contributed by atoms with Crippen molar-refractivity contribution in [3.05, 3.63) is 58.1 Å². The average molecular weight is 461 g/mol. The van der Waals surface area contributed by atoms with E-state index in [1.54, 1.807) is 0 Å². The van der Waals surface area contributed by atoms with Crippen molar-refractivity contribution >= 4 is 40.7 Å². The Labute approximate surface area is 180 Å². The Hall–Kier alpha value is -2.45. The first-order valence-electron chi connectivity index (χ1n) is 9.00. The van der Waals surface area contributed by atoms with Crippen LogP contribution in [0.2, 0.25) is 10.0 Å². The minimum atomic E-state index is -4.47. The SMILES string of the molecule is O=C(Nc1cccc(OCC(F)(F)F)c1)C1CCCN1C(=O)c1cc(Cl)cc(Cl)c1. The fourth-order valence-electron chi connectivity index (χ4n) is 3.18. The third-order valence-electron chi connectivity index (χ3n) is 4.43. The van der Waals surface area contributed by atoms with Crippen molar-refractivity contribution in [2.75, 3.05) is 18.5 Å². The zero-order valence-electron chi connectivity index (χ0n) is 15.5. The lowest BCUT2D eigenvalue weighted by molar-refractivity contribution is -0.153. The maximum absolute atomic E-state index is 12.9. The standard InChI is InChI=1S/C20H17Cl2F3N2O3/c21-13-7-12(8-14(22)9-13)19(29)27-6-2-5-17(27)18(28)26-15-3-1-4-16(10-15)30-11-20(23,24)25/h1,3-4,7-10,17H,2,5-6,11H2,(H,26,28). The Morgan fingerprint density at radius 3 is 2.50 bits per heavy atom. The number of alkyl halides is 3. The first-order chi connectivity index (χ1) is 14.1. The summed E-state index contributed by atoms with van der Waals surface area (Å²) in [6, 6.07) is 9.37. The maximum atomic E-state index is 12.9. The summed E-state index contributed by atoms with van der Waals surface area (Å²) in [5.74, 6) is -0.848. The van der Waals surface area contributed by atoms with E-state index in [9.17, 15) is 22.8 Å². The first-order valence-corrected chi connectivity index (χ1v) is 9.75. The molecule has 1 N–H and O–H groups in total. The van der Waals surface area contributed by atoms with Crippen LogP contribution in [0, 0.1) is 0 Å². The Kier molecular flexibility index (Phi) is 6.77. The first kappa shape index (κ1) is 22.2. The summed E-state index contributed by atoms with van der Waals surface area (Å²) in [5.41, 5.74) is 0.541. The Bertz CT molecular complexity index is 933. The number of rotatable bonds is 5. The van der Waals surface area contributed by atoms with Crippen molar-refractivity contribution < 1.29 is 27.5 Å². The number of benzene rings is 2. The Balaban J connectivity index is 1.69. The van der Waals surface area contributed by atoms with Crippen LogP contribution in [0.3, 0.4) is 0 Å². The summed E-state index contributed by atoms with van der Waals surface area (Å²) in [4.78, 5) is 27.0. The normalized spacial score (nSPS) is 16.4. The highest BCUT2D eigenvalue weighted by Crippen LogP contribution is 2.26. The van der Waals surface area contributed by atoms with E-state index in [0.717, 1.165) is 0 Å². The predicted molar refractivity (Wildman–Crippen MR) is 107 cm³/mol. The van der Waals surface area contributed by atoms with Crippen LogP contribution < -0.4 is 10.1 Å². The molecule has 0 radical (unpaired) electrons. The zero-order chi connectivity index (χ0) is 21.9. The molecule has 0 spiro atoms. The van der Waals surface area contributed by atoms with Gasteiger partial charge in [0.1, 0.15) is 11.8 Å². The molecule has 30 heavy (non-hydrogen) atoms. The van der Waals surface area contributed by atoms with Crippen LogP contribution in [0.15, 0.2) is 42.5 Å². The average Bonchev–Trinajstić information content (AvgIpc) is 3.15. The number of nitrogens with zero attached hydrogens (tertiary/aromatic N) is 1. The smallest absolute Gasteiger partial charge is 0.422 e. The van der Waals surface area contributed by atoms with E-state index < -0.39 is 24.7 Å². The Morgan fingerprint density at radius 1 is 1.13 bits per heavy atom. The molecule has 1 unspecified atom stereocenters. The van der Waals surface area contributed by atoms with Crippen molar-refractivity contribution in [3.8, 4) is 5.75 Å². The molecule has 10 heteroatoms. The number of anilines is 1. The molecule has 2 amide bonds. The highest BCUT2D eigenvalue weighted by Gasteiger charge is 2.35. The van der Waals surface area contributed by atoms with E-state index in [2.05, 4.69) is 5.32 Å². The molecule has 2 aromatic rings. The molecule has 0 bridgehead atoms. The van der Waals surface area contributed by atoms with Crippen molar-refractivity contribution in [3.63, 3.8) is 0 Å². The molecule has 160 valence electrons. The second-order valence-corrected chi connectivity index (χ2v) is 7.61. The van der Waals surface area contributed by atoms with Crippen molar-refractivity contribution in [1.82, 2.24) is 4.90 Å². The van der Waals surface area contributed by atoms with Gasteiger partial charge in [0.15, 0.2) is 6.61 Å². The van der Waals surface area contributed by atoms with Crippen molar-refractivity contribution in [2.45, 2.75) is 25.1 Å². The van der Waals surface area contributed by atoms with Gasteiger partial charge in [-0.25, -0.2) is 0 Å². The summed E-state index contributed by atoms with van der Waals surface area (Å²) in [7, 11) is 0. The second kappa shape index (κ2) is 9.14. The van der Waals surface area contributed by atoms with Gasteiger partial charge in [0.05, 0.1) is 0 Å². The van der Waals surface area contributed by atoms with Crippen LogP contribution in [0.25, 0.3) is 0 Å². The summed E-state index contributed by atoms with van der Waals surface area (Å²) in [6.07, 6.45) is -3.38. The number of carbonyl (C=O) groups excluding carboxylic acids is 2. The van der Waals surface area contributed by atoms with Gasteiger partial charge < -0.3 is 15.0 Å². The van der Waals surface area contributed by atoms with Gasteiger partial charge in [-0.1, -0.05) is 29.3 Å². The fraction of sp³-hybridized carbons (Fsp3) is 0.300. The van der Waals surface area contributed by atoms with Gasteiger partial charge in [-0.2, -0.15) is 13.2 Å². The molecule has 0 aliphatic carbocycles. The van der Waals surface area contributed by atoms with Crippen LogP contribution in [0.1, 0.15) is 23.2 Å². The van der Waals surface area contributed by atoms with Crippen molar-refractivity contribution in [2.24, 2.45) is 0 Å². The second-order valence-electron chi connectivity index (χ2n) is 6.74.